The van der Waals surface area contributed by atoms with Crippen molar-refractivity contribution in [2.24, 2.45) is 5.92 Å². The van der Waals surface area contributed by atoms with Crippen LogP contribution in [0.1, 0.15) is 49.6 Å². The van der Waals surface area contributed by atoms with Gasteiger partial charge in [0.2, 0.25) is 25.0 Å². The summed E-state index contributed by atoms with van der Waals surface area (Å²) in [5, 5.41) is -0.274. The van der Waals surface area contributed by atoms with Gasteiger partial charge in [-0.05, 0) is 54.7 Å². The Morgan fingerprint density at radius 2 is 1.74 bits per heavy atom. The number of aromatic nitrogens is 2. The lowest BCUT2D eigenvalue weighted by Crippen LogP contribution is -2.34. The first-order chi connectivity index (χ1) is 18.2. The fourth-order valence-electron chi connectivity index (χ4n) is 4.30. The molecular weight excluding hydrogens is 555 g/mol. The van der Waals surface area contributed by atoms with Crippen molar-refractivity contribution in [3.8, 4) is 5.75 Å². The van der Waals surface area contributed by atoms with Gasteiger partial charge in [-0.1, -0.05) is 32.0 Å². The molecule has 13 heteroatoms. The van der Waals surface area contributed by atoms with Gasteiger partial charge in [0.15, 0.2) is 0 Å². The van der Waals surface area contributed by atoms with Crippen LogP contribution in [-0.4, -0.2) is 44.3 Å². The number of methoxy groups -OCH3 is 1. The molecule has 4 rings (SSSR count). The maximum absolute atomic E-state index is 13.6. The molecule has 1 heterocycles. The van der Waals surface area contributed by atoms with Crippen molar-refractivity contribution in [2.75, 3.05) is 13.7 Å². The van der Waals surface area contributed by atoms with Crippen molar-refractivity contribution in [3.63, 3.8) is 0 Å². The van der Waals surface area contributed by atoms with Gasteiger partial charge in [0.05, 0.1) is 41.8 Å². The Hall–Kier alpha value is -2.90. The molecule has 0 radical (unpaired) electrons. The average Bonchev–Trinajstić information content (AvgIpc) is 3.61. The molecular formula is C26H30F3N3O5S2. The standard InChI is InChI=1S/C26H30F3N3O5S2/c1-18(2)15-31(39(35,36)24-11-9-23(37-3)10-12-24)16-22-14-30-25(32(22)21-7-8-21)38(33,34)17-19-5-4-6-20(13-19)26(27,28)29/h4-6,9-14,18,21H,7-8,15-17H2,1-3H3. The molecule has 1 saturated carbocycles. The zero-order valence-corrected chi connectivity index (χ0v) is 23.4. The highest BCUT2D eigenvalue weighted by Gasteiger charge is 2.36. The number of benzene rings is 2. The van der Waals surface area contributed by atoms with E-state index in [1.54, 1.807) is 12.1 Å². The Morgan fingerprint density at radius 1 is 1.08 bits per heavy atom. The first kappa shape index (κ1) is 29.1. The quantitative estimate of drug-likeness (QED) is 0.312. The van der Waals surface area contributed by atoms with Gasteiger partial charge in [-0.2, -0.15) is 17.5 Å². The third kappa shape index (κ3) is 6.64. The molecule has 8 nitrogen and oxygen atoms in total. The molecule has 39 heavy (non-hydrogen) atoms. The van der Waals surface area contributed by atoms with Gasteiger partial charge in [0.1, 0.15) is 5.75 Å². The summed E-state index contributed by atoms with van der Waals surface area (Å²) in [5.74, 6) is -0.189. The minimum atomic E-state index is -4.60. The van der Waals surface area contributed by atoms with Crippen molar-refractivity contribution in [1.29, 1.82) is 0 Å². The highest BCUT2D eigenvalue weighted by Crippen LogP contribution is 2.39. The normalized spacial score (nSPS) is 14.8. The summed E-state index contributed by atoms with van der Waals surface area (Å²) in [7, 11) is -6.62. The van der Waals surface area contributed by atoms with E-state index in [4.69, 9.17) is 4.74 Å². The van der Waals surface area contributed by atoms with E-state index < -0.39 is 37.4 Å². The van der Waals surface area contributed by atoms with Crippen LogP contribution in [0.5, 0.6) is 5.75 Å². The molecule has 0 unspecified atom stereocenters. The van der Waals surface area contributed by atoms with Crippen molar-refractivity contribution in [2.45, 2.75) is 61.3 Å². The maximum Gasteiger partial charge on any atom is 0.416 e. The number of hydrogen-bond donors (Lipinski definition) is 0. The third-order valence-corrected chi connectivity index (χ3v) is 9.64. The Balaban J connectivity index is 1.67. The van der Waals surface area contributed by atoms with Gasteiger partial charge >= 0.3 is 6.18 Å². The molecule has 0 amide bonds. The van der Waals surface area contributed by atoms with E-state index >= 15 is 0 Å². The average molecular weight is 586 g/mol. The number of nitrogens with zero attached hydrogens (tertiary/aromatic N) is 3. The van der Waals surface area contributed by atoms with E-state index in [9.17, 15) is 30.0 Å². The molecule has 0 bridgehead atoms. The Morgan fingerprint density at radius 3 is 2.31 bits per heavy atom. The molecule has 1 aliphatic rings. The van der Waals surface area contributed by atoms with E-state index in [1.165, 1.54) is 46.4 Å². The number of sulfone groups is 1. The fraction of sp³-hybridized carbons (Fsp3) is 0.423. The van der Waals surface area contributed by atoms with Crippen LogP contribution in [0.25, 0.3) is 0 Å². The first-order valence-electron chi connectivity index (χ1n) is 12.3. The lowest BCUT2D eigenvalue weighted by molar-refractivity contribution is -0.137. The van der Waals surface area contributed by atoms with Crippen LogP contribution in [0.15, 0.2) is 64.8 Å². The summed E-state index contributed by atoms with van der Waals surface area (Å²) in [4.78, 5) is 4.21. The summed E-state index contributed by atoms with van der Waals surface area (Å²) in [6.45, 7) is 3.81. The molecule has 2 aromatic carbocycles. The van der Waals surface area contributed by atoms with Gasteiger partial charge in [0, 0.05) is 12.6 Å². The zero-order chi connectivity index (χ0) is 28.6. The smallest absolute Gasteiger partial charge is 0.416 e. The largest absolute Gasteiger partial charge is 0.497 e. The summed E-state index contributed by atoms with van der Waals surface area (Å²) < 4.78 is 101. The van der Waals surface area contributed by atoms with Crippen molar-refractivity contribution >= 4 is 19.9 Å². The van der Waals surface area contributed by atoms with E-state index in [2.05, 4.69) is 4.98 Å². The van der Waals surface area contributed by atoms with Crippen LogP contribution in [0.2, 0.25) is 0 Å². The minimum Gasteiger partial charge on any atom is -0.497 e. The molecule has 0 aliphatic heterocycles. The van der Waals surface area contributed by atoms with E-state index in [0.717, 1.165) is 12.1 Å². The molecule has 0 atom stereocenters. The lowest BCUT2D eigenvalue weighted by atomic mass is 10.1. The van der Waals surface area contributed by atoms with E-state index in [0.29, 0.717) is 24.3 Å². The lowest BCUT2D eigenvalue weighted by Gasteiger charge is -2.25. The highest BCUT2D eigenvalue weighted by atomic mass is 32.2. The molecule has 0 spiro atoms. The SMILES string of the molecule is COc1ccc(S(=O)(=O)N(Cc2cnc(S(=O)(=O)Cc3cccc(C(F)(F)F)c3)n2C2CC2)CC(C)C)cc1. The first-order valence-corrected chi connectivity index (χ1v) is 15.4. The monoisotopic (exact) mass is 585 g/mol. The maximum atomic E-state index is 13.6. The minimum absolute atomic E-state index is 0.0137. The molecule has 0 N–H and O–H groups in total. The number of sulfonamides is 1. The second-order valence-electron chi connectivity index (χ2n) is 9.96. The summed E-state index contributed by atoms with van der Waals surface area (Å²) in [6.07, 6.45) is -1.89. The van der Waals surface area contributed by atoms with Crippen molar-refractivity contribution in [3.05, 3.63) is 71.5 Å². The summed E-state index contributed by atoms with van der Waals surface area (Å²) >= 11 is 0. The predicted molar refractivity (Wildman–Crippen MR) is 138 cm³/mol. The number of rotatable bonds is 11. The highest BCUT2D eigenvalue weighted by molar-refractivity contribution is 7.90. The van der Waals surface area contributed by atoms with Crippen LogP contribution in [0.4, 0.5) is 13.2 Å². The van der Waals surface area contributed by atoms with Crippen LogP contribution in [0, 0.1) is 5.92 Å². The Kier molecular flexibility index (Phi) is 8.16. The molecule has 0 saturated heterocycles. The molecule has 1 aliphatic carbocycles. The van der Waals surface area contributed by atoms with Crippen molar-refractivity contribution in [1.82, 2.24) is 13.9 Å². The van der Waals surface area contributed by atoms with Crippen molar-refractivity contribution < 1.29 is 34.7 Å². The second-order valence-corrected chi connectivity index (χ2v) is 13.8. The van der Waals surface area contributed by atoms with Crippen LogP contribution in [0.3, 0.4) is 0 Å². The zero-order valence-electron chi connectivity index (χ0n) is 21.7. The van der Waals surface area contributed by atoms with E-state index in [-0.39, 0.29) is 40.7 Å². The number of ether oxygens (including phenoxy) is 1. The molecule has 212 valence electrons. The van der Waals surface area contributed by atoms with E-state index in [1.807, 2.05) is 13.8 Å². The topological polar surface area (TPSA) is 98.6 Å². The number of imidazole rings is 1. The van der Waals surface area contributed by atoms with Gasteiger partial charge in [-0.15, -0.1) is 0 Å². The number of alkyl halides is 3. The number of halogens is 3. The fourth-order valence-corrected chi connectivity index (χ4v) is 7.40. The second kappa shape index (κ2) is 10.9. The Bertz CT molecular complexity index is 1530. The molecule has 1 fully saturated rings. The molecule has 3 aromatic rings. The van der Waals surface area contributed by atoms with Gasteiger partial charge in [-0.3, -0.25) is 0 Å². The third-order valence-electron chi connectivity index (χ3n) is 6.25. The molecule has 1 aromatic heterocycles. The summed E-state index contributed by atoms with van der Waals surface area (Å²) in [6, 6.07) is 10.00. The van der Waals surface area contributed by atoms with Gasteiger partial charge in [-0.25, -0.2) is 21.8 Å². The van der Waals surface area contributed by atoms with Crippen LogP contribution in [-0.2, 0) is 38.3 Å². The Labute approximate surface area is 226 Å². The van der Waals surface area contributed by atoms with Crippen LogP contribution >= 0.6 is 0 Å². The number of hydrogen-bond acceptors (Lipinski definition) is 6. The van der Waals surface area contributed by atoms with Crippen LogP contribution < -0.4 is 4.74 Å². The van der Waals surface area contributed by atoms with Gasteiger partial charge < -0.3 is 9.30 Å². The summed E-state index contributed by atoms with van der Waals surface area (Å²) in [5.41, 5.74) is -0.549. The predicted octanol–water partition coefficient (Wildman–Crippen LogP) is 5.07. The van der Waals surface area contributed by atoms with Gasteiger partial charge in [0.25, 0.3) is 0 Å².